The first-order valence-corrected chi connectivity index (χ1v) is 9.89. The Morgan fingerprint density at radius 2 is 2.11 bits per heavy atom. The van der Waals surface area contributed by atoms with Crippen molar-refractivity contribution in [2.24, 2.45) is 0 Å². The Morgan fingerprint density at radius 3 is 2.78 bits per heavy atom. The number of carbonyl (C=O) groups is 1. The van der Waals surface area contributed by atoms with Crippen LogP contribution in [0.2, 0.25) is 0 Å². The molecule has 3 N–H and O–H groups in total. The van der Waals surface area contributed by atoms with Gasteiger partial charge in [0, 0.05) is 37.8 Å². The number of hydrogen-bond acceptors (Lipinski definition) is 5. The van der Waals surface area contributed by atoms with Gasteiger partial charge in [0.05, 0.1) is 23.3 Å². The van der Waals surface area contributed by atoms with Crippen LogP contribution in [0.5, 0.6) is 0 Å². The molecule has 8 nitrogen and oxygen atoms in total. The molecular formula is C19H29N7O. The van der Waals surface area contributed by atoms with Crippen LogP contribution in [0.3, 0.4) is 0 Å². The molecule has 146 valence electrons. The Bertz CT molecular complexity index is 816. The van der Waals surface area contributed by atoms with E-state index in [2.05, 4.69) is 26.9 Å². The quantitative estimate of drug-likeness (QED) is 0.844. The zero-order chi connectivity index (χ0) is 19.0. The lowest BCUT2D eigenvalue weighted by Crippen LogP contribution is -2.57. The van der Waals surface area contributed by atoms with Crippen molar-refractivity contribution in [3.63, 3.8) is 0 Å². The van der Waals surface area contributed by atoms with Crippen molar-refractivity contribution < 1.29 is 4.79 Å². The number of fused-ring (bicyclic) bond motifs is 2. The maximum absolute atomic E-state index is 12.8. The molecule has 27 heavy (non-hydrogen) atoms. The molecule has 2 aliphatic rings. The second kappa shape index (κ2) is 6.99. The van der Waals surface area contributed by atoms with Gasteiger partial charge in [-0.2, -0.15) is 5.10 Å². The highest BCUT2D eigenvalue weighted by Gasteiger charge is 2.46. The largest absolute Gasteiger partial charge is 0.384 e. The van der Waals surface area contributed by atoms with Crippen molar-refractivity contribution in [1.82, 2.24) is 29.5 Å². The predicted molar refractivity (Wildman–Crippen MR) is 103 cm³/mol. The van der Waals surface area contributed by atoms with Crippen LogP contribution in [0.4, 0.5) is 5.82 Å². The van der Waals surface area contributed by atoms with E-state index in [4.69, 9.17) is 5.73 Å². The summed E-state index contributed by atoms with van der Waals surface area (Å²) < 4.78 is 1.60. The second-order valence-electron chi connectivity index (χ2n) is 7.75. The monoisotopic (exact) mass is 371 g/mol. The van der Waals surface area contributed by atoms with Gasteiger partial charge >= 0.3 is 0 Å². The third-order valence-corrected chi connectivity index (χ3v) is 6.05. The van der Waals surface area contributed by atoms with Crippen LogP contribution >= 0.6 is 0 Å². The number of likely N-dealkylation sites (tertiary alicyclic amines) is 1. The Labute approximate surface area is 159 Å². The van der Waals surface area contributed by atoms with Crippen LogP contribution in [0.15, 0.2) is 12.4 Å². The van der Waals surface area contributed by atoms with Crippen LogP contribution in [-0.4, -0.2) is 61.6 Å². The summed E-state index contributed by atoms with van der Waals surface area (Å²) in [5.41, 5.74) is 9.19. The SMILES string of the molecule is CCCN1CCc2[nH]cnc2C12CCN(C(=O)Cn1nc(C)cc1N)CC2. The summed E-state index contributed by atoms with van der Waals surface area (Å²) in [7, 11) is 0. The molecule has 0 aliphatic carbocycles. The van der Waals surface area contributed by atoms with Crippen molar-refractivity contribution in [3.05, 3.63) is 29.5 Å². The maximum Gasteiger partial charge on any atom is 0.244 e. The average molecular weight is 371 g/mol. The molecule has 2 aromatic heterocycles. The number of nitrogens with one attached hydrogen (secondary N) is 1. The fourth-order valence-corrected chi connectivity index (χ4v) is 4.72. The molecule has 0 bridgehead atoms. The Morgan fingerprint density at radius 1 is 1.33 bits per heavy atom. The topological polar surface area (TPSA) is 96.1 Å². The van der Waals surface area contributed by atoms with E-state index >= 15 is 0 Å². The summed E-state index contributed by atoms with van der Waals surface area (Å²) in [6.45, 7) is 7.93. The van der Waals surface area contributed by atoms with Crippen molar-refractivity contribution in [2.45, 2.75) is 51.6 Å². The van der Waals surface area contributed by atoms with Gasteiger partial charge in [0.15, 0.2) is 0 Å². The normalized spacial score (nSPS) is 19.4. The molecule has 1 fully saturated rings. The fraction of sp³-hybridized carbons (Fsp3) is 0.632. The average Bonchev–Trinajstić information content (AvgIpc) is 3.25. The number of carbonyl (C=O) groups excluding carboxylic acids is 1. The van der Waals surface area contributed by atoms with E-state index in [1.807, 2.05) is 18.2 Å². The number of aromatic amines is 1. The molecule has 0 radical (unpaired) electrons. The van der Waals surface area contributed by atoms with Gasteiger partial charge in [0.2, 0.25) is 5.91 Å². The molecular weight excluding hydrogens is 342 g/mol. The van der Waals surface area contributed by atoms with Gasteiger partial charge in [-0.15, -0.1) is 0 Å². The highest BCUT2D eigenvalue weighted by atomic mass is 16.2. The third kappa shape index (κ3) is 3.12. The zero-order valence-electron chi connectivity index (χ0n) is 16.2. The van der Waals surface area contributed by atoms with Crippen LogP contribution in [0, 0.1) is 6.92 Å². The number of H-pyrrole nitrogens is 1. The van der Waals surface area contributed by atoms with Gasteiger partial charge < -0.3 is 15.6 Å². The lowest BCUT2D eigenvalue weighted by atomic mass is 9.78. The van der Waals surface area contributed by atoms with Crippen LogP contribution in [0.25, 0.3) is 0 Å². The fourth-order valence-electron chi connectivity index (χ4n) is 4.72. The minimum atomic E-state index is -0.0400. The maximum atomic E-state index is 12.8. The van der Waals surface area contributed by atoms with Gasteiger partial charge in [-0.25, -0.2) is 9.67 Å². The number of aryl methyl sites for hydroxylation is 1. The summed E-state index contributed by atoms with van der Waals surface area (Å²) >= 11 is 0. The van der Waals surface area contributed by atoms with Gasteiger partial charge in [-0.1, -0.05) is 6.92 Å². The second-order valence-corrected chi connectivity index (χ2v) is 7.75. The van der Waals surface area contributed by atoms with Crippen LogP contribution in [-0.2, 0) is 23.3 Å². The van der Waals surface area contributed by atoms with E-state index < -0.39 is 0 Å². The van der Waals surface area contributed by atoms with E-state index in [9.17, 15) is 4.79 Å². The number of nitrogens with two attached hydrogens (primary N) is 1. The Kier molecular flexibility index (Phi) is 4.67. The van der Waals surface area contributed by atoms with Gasteiger partial charge in [0.25, 0.3) is 0 Å². The number of anilines is 1. The molecule has 2 aliphatic heterocycles. The number of imidazole rings is 1. The summed E-state index contributed by atoms with van der Waals surface area (Å²) in [4.78, 5) is 25.3. The van der Waals surface area contributed by atoms with E-state index in [1.54, 1.807) is 10.7 Å². The van der Waals surface area contributed by atoms with Crippen LogP contribution in [0.1, 0.15) is 43.3 Å². The number of amides is 1. The van der Waals surface area contributed by atoms with E-state index in [0.29, 0.717) is 5.82 Å². The first kappa shape index (κ1) is 18.0. The Balaban J connectivity index is 1.48. The van der Waals surface area contributed by atoms with Crippen molar-refractivity contribution in [2.75, 3.05) is 31.9 Å². The summed E-state index contributed by atoms with van der Waals surface area (Å²) in [6, 6.07) is 1.79. The van der Waals surface area contributed by atoms with Crippen molar-refractivity contribution in [1.29, 1.82) is 0 Å². The summed E-state index contributed by atoms with van der Waals surface area (Å²) in [6.07, 6.45) is 5.82. The zero-order valence-corrected chi connectivity index (χ0v) is 16.2. The van der Waals surface area contributed by atoms with E-state index in [0.717, 1.165) is 57.6 Å². The highest BCUT2D eigenvalue weighted by molar-refractivity contribution is 5.76. The molecule has 4 rings (SSSR count). The van der Waals surface area contributed by atoms with Gasteiger partial charge in [-0.3, -0.25) is 9.69 Å². The molecule has 0 atom stereocenters. The van der Waals surface area contributed by atoms with Crippen molar-refractivity contribution in [3.8, 4) is 0 Å². The standard InChI is InChI=1S/C19H29N7O/c1-3-7-25-8-4-15-18(22-13-21-15)19(25)5-9-24(10-6-19)17(27)12-26-16(20)11-14(2)23-26/h11,13H,3-10,12,20H2,1-2H3,(H,21,22). The number of nitrogen functional groups attached to an aromatic ring is 1. The number of piperidine rings is 1. The Hall–Kier alpha value is -2.35. The smallest absolute Gasteiger partial charge is 0.244 e. The first-order chi connectivity index (χ1) is 13.0. The number of rotatable bonds is 4. The minimum absolute atomic E-state index is 0.0400. The third-order valence-electron chi connectivity index (χ3n) is 6.05. The van der Waals surface area contributed by atoms with Crippen molar-refractivity contribution >= 4 is 11.7 Å². The molecule has 2 aromatic rings. The lowest BCUT2D eigenvalue weighted by Gasteiger charge is -2.50. The molecule has 0 unspecified atom stereocenters. The molecule has 0 aromatic carbocycles. The first-order valence-electron chi connectivity index (χ1n) is 9.89. The van der Waals surface area contributed by atoms with E-state index in [-0.39, 0.29) is 18.0 Å². The molecule has 4 heterocycles. The number of hydrogen-bond donors (Lipinski definition) is 2. The van der Waals surface area contributed by atoms with E-state index in [1.165, 1.54) is 11.4 Å². The summed E-state index contributed by atoms with van der Waals surface area (Å²) in [5.74, 6) is 0.622. The van der Waals surface area contributed by atoms with Crippen LogP contribution < -0.4 is 5.73 Å². The van der Waals surface area contributed by atoms with Gasteiger partial charge in [0.1, 0.15) is 12.4 Å². The predicted octanol–water partition coefficient (Wildman–Crippen LogP) is 1.28. The number of aromatic nitrogens is 4. The number of nitrogens with zero attached hydrogens (tertiary/aromatic N) is 5. The molecule has 0 saturated carbocycles. The molecule has 8 heteroatoms. The van der Waals surface area contributed by atoms with Gasteiger partial charge in [-0.05, 0) is 32.7 Å². The summed E-state index contributed by atoms with van der Waals surface area (Å²) in [5, 5.41) is 4.31. The minimum Gasteiger partial charge on any atom is -0.384 e. The molecule has 1 saturated heterocycles. The lowest BCUT2D eigenvalue weighted by molar-refractivity contribution is -0.135. The molecule has 1 amide bonds. The highest BCUT2D eigenvalue weighted by Crippen LogP contribution is 2.42. The molecule has 1 spiro atoms.